The van der Waals surface area contributed by atoms with Crippen LogP contribution in [-0.4, -0.2) is 48.9 Å². The molecular formula is C21H28N4O3S. The Labute approximate surface area is 176 Å². The molecule has 2 aromatic rings. The number of nitrogens with zero attached hydrogens (tertiary/aromatic N) is 3. The lowest BCUT2D eigenvalue weighted by Gasteiger charge is -2.35. The Hall–Kier alpha value is -2.48. The van der Waals surface area contributed by atoms with Crippen molar-refractivity contribution in [3.63, 3.8) is 0 Å². The van der Waals surface area contributed by atoms with Gasteiger partial charge < -0.3 is 19.7 Å². The highest BCUT2D eigenvalue weighted by Gasteiger charge is 2.23. The fraction of sp³-hybridized carbons (Fsp3) is 0.476. The van der Waals surface area contributed by atoms with Gasteiger partial charge in [0.05, 0.1) is 20.0 Å². The normalized spacial score (nSPS) is 19.0. The quantitative estimate of drug-likeness (QED) is 0.545. The van der Waals surface area contributed by atoms with Gasteiger partial charge in [-0.05, 0) is 30.4 Å². The van der Waals surface area contributed by atoms with E-state index in [9.17, 15) is 4.79 Å². The van der Waals surface area contributed by atoms with Crippen molar-refractivity contribution in [3.05, 3.63) is 30.6 Å². The monoisotopic (exact) mass is 416 g/mol. The molecule has 1 aromatic carbocycles. The maximum absolute atomic E-state index is 12.4. The summed E-state index contributed by atoms with van der Waals surface area (Å²) in [7, 11) is 3.14. The summed E-state index contributed by atoms with van der Waals surface area (Å²) in [5.74, 6) is 3.58. The van der Waals surface area contributed by atoms with Gasteiger partial charge in [-0.2, -0.15) is 0 Å². The van der Waals surface area contributed by atoms with E-state index in [1.165, 1.54) is 18.2 Å². The van der Waals surface area contributed by atoms with Crippen molar-refractivity contribution in [3.8, 4) is 11.5 Å². The average molecular weight is 417 g/mol. The predicted molar refractivity (Wildman–Crippen MR) is 116 cm³/mol. The van der Waals surface area contributed by atoms with E-state index in [0.717, 1.165) is 23.9 Å². The molecule has 1 aliphatic heterocycles. The second-order valence-electron chi connectivity index (χ2n) is 7.47. The number of thioether (sulfide) groups is 1. The van der Waals surface area contributed by atoms with E-state index in [1.54, 1.807) is 38.7 Å². The standard InChI is InChI=1S/C21H28N4O3S/c1-14-7-15(2)11-25(10-14)19-9-21(23-13-22-19)29-12-20(26)24-16-5-6-17(27-3)18(8-16)28-4/h5-6,8-9,13-15H,7,10-12H2,1-4H3,(H,24,26)/t14-,15-/m0/s1. The van der Waals surface area contributed by atoms with Crippen LogP contribution in [0.5, 0.6) is 11.5 Å². The van der Waals surface area contributed by atoms with Crippen LogP contribution in [0, 0.1) is 11.8 Å². The lowest BCUT2D eigenvalue weighted by atomic mass is 9.92. The molecule has 1 N–H and O–H groups in total. The number of benzene rings is 1. The van der Waals surface area contributed by atoms with Gasteiger partial charge in [-0.1, -0.05) is 25.6 Å². The zero-order valence-electron chi connectivity index (χ0n) is 17.3. The van der Waals surface area contributed by atoms with Gasteiger partial charge in [0.15, 0.2) is 11.5 Å². The van der Waals surface area contributed by atoms with E-state index in [1.807, 2.05) is 6.07 Å². The number of hydrogen-bond acceptors (Lipinski definition) is 7. The van der Waals surface area contributed by atoms with E-state index >= 15 is 0 Å². The van der Waals surface area contributed by atoms with E-state index < -0.39 is 0 Å². The molecule has 0 radical (unpaired) electrons. The van der Waals surface area contributed by atoms with Crippen molar-refractivity contribution >= 4 is 29.2 Å². The molecule has 0 spiro atoms. The van der Waals surface area contributed by atoms with Crippen LogP contribution in [0.4, 0.5) is 11.5 Å². The summed E-state index contributed by atoms with van der Waals surface area (Å²) in [4.78, 5) is 23.4. The molecule has 0 aliphatic carbocycles. The molecule has 0 unspecified atom stereocenters. The minimum atomic E-state index is -0.109. The first-order chi connectivity index (χ1) is 14.0. The highest BCUT2D eigenvalue weighted by molar-refractivity contribution is 7.99. The lowest BCUT2D eigenvalue weighted by Crippen LogP contribution is -2.39. The summed E-state index contributed by atoms with van der Waals surface area (Å²) in [5.41, 5.74) is 0.660. The van der Waals surface area contributed by atoms with Gasteiger partial charge >= 0.3 is 0 Å². The van der Waals surface area contributed by atoms with E-state index in [2.05, 4.69) is 34.0 Å². The first-order valence-corrected chi connectivity index (χ1v) is 10.7. The van der Waals surface area contributed by atoms with Gasteiger partial charge in [0.25, 0.3) is 0 Å². The SMILES string of the molecule is COc1ccc(NC(=O)CSc2cc(N3C[C@@H](C)C[C@H](C)C3)ncn2)cc1OC. The fourth-order valence-electron chi connectivity index (χ4n) is 3.68. The summed E-state index contributed by atoms with van der Waals surface area (Å²) < 4.78 is 10.5. The maximum Gasteiger partial charge on any atom is 0.234 e. The molecule has 1 saturated heterocycles. The van der Waals surface area contributed by atoms with Crippen LogP contribution in [0.3, 0.4) is 0 Å². The number of rotatable bonds is 7. The van der Waals surface area contributed by atoms with Crippen LogP contribution in [0.1, 0.15) is 20.3 Å². The van der Waals surface area contributed by atoms with Gasteiger partial charge in [-0.25, -0.2) is 9.97 Å². The summed E-state index contributed by atoms with van der Waals surface area (Å²) in [6.07, 6.45) is 2.83. The Morgan fingerprint density at radius 1 is 1.14 bits per heavy atom. The number of methoxy groups -OCH3 is 2. The van der Waals surface area contributed by atoms with Crippen molar-refractivity contribution in [2.24, 2.45) is 11.8 Å². The Morgan fingerprint density at radius 3 is 2.55 bits per heavy atom. The highest BCUT2D eigenvalue weighted by Crippen LogP contribution is 2.30. The summed E-state index contributed by atoms with van der Waals surface area (Å²) in [6, 6.07) is 7.26. The third-order valence-corrected chi connectivity index (χ3v) is 5.76. The number of carbonyl (C=O) groups excluding carboxylic acids is 1. The molecule has 0 saturated carbocycles. The Bertz CT molecular complexity index is 838. The third kappa shape index (κ3) is 5.76. The largest absolute Gasteiger partial charge is 0.493 e. The average Bonchev–Trinajstić information content (AvgIpc) is 2.71. The molecular weight excluding hydrogens is 388 g/mol. The predicted octanol–water partition coefficient (Wildman–Crippen LogP) is 3.71. The van der Waals surface area contributed by atoms with Crippen molar-refractivity contribution in [1.29, 1.82) is 0 Å². The summed E-state index contributed by atoms with van der Waals surface area (Å²) in [6.45, 7) is 6.56. The van der Waals surface area contributed by atoms with Crippen LogP contribution in [-0.2, 0) is 4.79 Å². The molecule has 8 heteroatoms. The zero-order valence-corrected chi connectivity index (χ0v) is 18.2. The van der Waals surface area contributed by atoms with Crippen molar-refractivity contribution in [2.75, 3.05) is 43.3 Å². The fourth-order valence-corrected chi connectivity index (χ4v) is 4.34. The Balaban J connectivity index is 1.58. The van der Waals surface area contributed by atoms with Crippen molar-refractivity contribution in [1.82, 2.24) is 9.97 Å². The van der Waals surface area contributed by atoms with Gasteiger partial charge in [0, 0.05) is 30.9 Å². The molecule has 156 valence electrons. The Kier molecular flexibility index (Phi) is 7.19. The van der Waals surface area contributed by atoms with Gasteiger partial charge in [-0.3, -0.25) is 4.79 Å². The number of nitrogens with one attached hydrogen (secondary N) is 1. The van der Waals surface area contributed by atoms with Crippen LogP contribution in [0.25, 0.3) is 0 Å². The van der Waals surface area contributed by atoms with Crippen LogP contribution < -0.4 is 19.7 Å². The molecule has 29 heavy (non-hydrogen) atoms. The smallest absolute Gasteiger partial charge is 0.234 e. The zero-order chi connectivity index (χ0) is 20.8. The molecule has 1 aromatic heterocycles. The number of aromatic nitrogens is 2. The van der Waals surface area contributed by atoms with E-state index in [-0.39, 0.29) is 11.7 Å². The molecule has 2 atom stereocenters. The van der Waals surface area contributed by atoms with Crippen LogP contribution >= 0.6 is 11.8 Å². The number of ether oxygens (including phenoxy) is 2. The number of carbonyl (C=O) groups is 1. The number of anilines is 2. The first kappa shape index (κ1) is 21.2. The molecule has 1 fully saturated rings. The molecule has 3 rings (SSSR count). The third-order valence-electron chi connectivity index (χ3n) is 4.84. The van der Waals surface area contributed by atoms with Crippen molar-refractivity contribution < 1.29 is 14.3 Å². The number of amides is 1. The molecule has 1 aliphatic rings. The summed E-state index contributed by atoms with van der Waals surface area (Å²) in [5, 5.41) is 3.67. The van der Waals surface area contributed by atoms with Crippen LogP contribution in [0.2, 0.25) is 0 Å². The molecule has 7 nitrogen and oxygen atoms in total. The summed E-state index contributed by atoms with van der Waals surface area (Å²) >= 11 is 1.40. The highest BCUT2D eigenvalue weighted by atomic mass is 32.2. The first-order valence-electron chi connectivity index (χ1n) is 9.70. The maximum atomic E-state index is 12.4. The molecule has 1 amide bonds. The minimum Gasteiger partial charge on any atom is -0.493 e. The van der Waals surface area contributed by atoms with Gasteiger partial charge in [-0.15, -0.1) is 0 Å². The lowest BCUT2D eigenvalue weighted by molar-refractivity contribution is -0.113. The Morgan fingerprint density at radius 2 is 1.86 bits per heavy atom. The second kappa shape index (κ2) is 9.82. The van der Waals surface area contributed by atoms with Crippen LogP contribution in [0.15, 0.2) is 35.6 Å². The second-order valence-corrected chi connectivity index (χ2v) is 8.47. The van der Waals surface area contributed by atoms with Gasteiger partial charge in [0.2, 0.25) is 5.91 Å². The topological polar surface area (TPSA) is 76.6 Å². The molecule has 0 bridgehead atoms. The number of hydrogen-bond donors (Lipinski definition) is 1. The van der Waals surface area contributed by atoms with E-state index in [0.29, 0.717) is 29.0 Å². The van der Waals surface area contributed by atoms with Gasteiger partial charge in [0.1, 0.15) is 17.2 Å². The van der Waals surface area contributed by atoms with E-state index in [4.69, 9.17) is 9.47 Å². The number of piperidine rings is 1. The molecule has 2 heterocycles. The van der Waals surface area contributed by atoms with Crippen molar-refractivity contribution in [2.45, 2.75) is 25.3 Å². The minimum absolute atomic E-state index is 0.109.